The van der Waals surface area contributed by atoms with Gasteiger partial charge in [-0.15, -0.1) is 0 Å². The van der Waals surface area contributed by atoms with Gasteiger partial charge in [0.2, 0.25) is 11.8 Å². The lowest BCUT2D eigenvalue weighted by molar-refractivity contribution is -0.141. The summed E-state index contributed by atoms with van der Waals surface area (Å²) >= 11 is 0. The zero-order chi connectivity index (χ0) is 37.4. The number of allylic oxidation sites excluding steroid dienone is 1. The first-order valence-electron chi connectivity index (χ1n) is 18.4. The van der Waals surface area contributed by atoms with Crippen LogP contribution in [0, 0.1) is 31.6 Å². The van der Waals surface area contributed by atoms with Crippen LogP contribution in [0.3, 0.4) is 0 Å². The number of hydrogen-bond donors (Lipinski definition) is 3. The number of likely N-dealkylation sites (tertiary alicyclic amines) is 1. The Morgan fingerprint density at radius 3 is 2.08 bits per heavy atom. The second kappa shape index (κ2) is 15.1. The van der Waals surface area contributed by atoms with E-state index in [0.29, 0.717) is 42.3 Å². The van der Waals surface area contributed by atoms with E-state index in [0.717, 1.165) is 21.5 Å². The number of hydrogen-bond acceptors (Lipinski definition) is 7. The summed E-state index contributed by atoms with van der Waals surface area (Å²) in [7, 11) is -4.31. The van der Waals surface area contributed by atoms with Crippen LogP contribution in [0.1, 0.15) is 82.1 Å². The molecule has 9 nitrogen and oxygen atoms in total. The second-order valence-electron chi connectivity index (χ2n) is 15.7. The van der Waals surface area contributed by atoms with Gasteiger partial charge in [0, 0.05) is 13.0 Å². The zero-order valence-electron chi connectivity index (χ0n) is 30.8. The van der Waals surface area contributed by atoms with Crippen molar-refractivity contribution in [2.75, 3.05) is 13.2 Å². The Hall–Kier alpha value is -4.03. The standard InChI is InChI=1S/C41H50BNO8Si/c1-26-21-28(22-27(2)38(26)46)34-24-32-36-33(39(47)43(40(36)48)20-14-8-13-19-35(44)45)23-29(37(32)42(49)51-34)25-50-52(41(3,4)5,30-15-9-6-10-16-30)31-17-11-7-12-18-31/h6-7,9-12,15-18,21-22,32-34,36,46,49H,8,13-14,19-20,23-25H2,1-5H3,(H,44,45)/t32-,33-,34-,36+/m0/s1. The molecule has 3 N–H and O–H groups in total. The summed E-state index contributed by atoms with van der Waals surface area (Å²) in [4.78, 5) is 40.7. The molecule has 2 fully saturated rings. The van der Waals surface area contributed by atoms with Crippen molar-refractivity contribution < 1.29 is 38.7 Å². The summed E-state index contributed by atoms with van der Waals surface area (Å²) in [6, 6.07) is 24.3. The number of aryl methyl sites for hydroxylation is 2. The second-order valence-corrected chi connectivity index (χ2v) is 20.0. The molecule has 3 aliphatic rings. The van der Waals surface area contributed by atoms with Gasteiger partial charge in [-0.1, -0.05) is 87.9 Å². The minimum Gasteiger partial charge on any atom is -0.507 e. The minimum atomic E-state index is -2.99. The number of unbranched alkanes of at least 4 members (excludes halogenated alkanes) is 2. The fourth-order valence-corrected chi connectivity index (χ4v) is 13.4. The van der Waals surface area contributed by atoms with E-state index in [9.17, 15) is 24.5 Å². The first-order valence-corrected chi connectivity index (χ1v) is 20.3. The number of imide groups is 1. The molecule has 52 heavy (non-hydrogen) atoms. The molecule has 0 radical (unpaired) electrons. The van der Waals surface area contributed by atoms with Crippen LogP contribution >= 0.6 is 0 Å². The van der Waals surface area contributed by atoms with E-state index in [2.05, 4.69) is 45.0 Å². The Labute approximate surface area is 307 Å². The van der Waals surface area contributed by atoms with Crippen LogP contribution in [-0.2, 0) is 23.5 Å². The number of nitrogens with zero attached hydrogens (tertiary/aromatic N) is 1. The number of aromatic hydroxyl groups is 1. The van der Waals surface area contributed by atoms with Gasteiger partial charge >= 0.3 is 13.1 Å². The van der Waals surface area contributed by atoms with Crippen molar-refractivity contribution in [3.8, 4) is 5.75 Å². The maximum Gasteiger partial charge on any atom is 0.487 e. The highest BCUT2D eigenvalue weighted by Gasteiger charge is 2.58. The maximum absolute atomic E-state index is 14.2. The first-order chi connectivity index (χ1) is 24.7. The number of amides is 2. The number of carbonyl (C=O) groups excluding carboxylic acids is 2. The highest BCUT2D eigenvalue weighted by molar-refractivity contribution is 6.99. The SMILES string of the molecule is Cc1cc([C@@H]2C[C@@H]3C(=C(CO[Si](c4ccccc4)(c4ccccc4)C(C)(C)C)C[C@@H]4C(=O)N(CCCCCC(=O)O)C(=O)[C@@H]43)B(O)O2)cc(C)c1O. The summed E-state index contributed by atoms with van der Waals surface area (Å²) in [5.41, 5.74) is 3.61. The average Bonchev–Trinajstić information content (AvgIpc) is 3.35. The van der Waals surface area contributed by atoms with Crippen molar-refractivity contribution in [2.24, 2.45) is 17.8 Å². The molecular formula is C41H50BNO8Si. The summed E-state index contributed by atoms with van der Waals surface area (Å²) in [6.07, 6.45) is 1.74. The molecule has 2 aliphatic heterocycles. The highest BCUT2D eigenvalue weighted by atomic mass is 28.4. The van der Waals surface area contributed by atoms with Gasteiger partial charge in [-0.25, -0.2) is 0 Å². The summed E-state index contributed by atoms with van der Waals surface area (Å²) in [5.74, 6) is -2.84. The molecule has 274 valence electrons. The van der Waals surface area contributed by atoms with E-state index in [1.807, 2.05) is 62.4 Å². The Bertz CT molecular complexity index is 1780. The van der Waals surface area contributed by atoms with Crippen molar-refractivity contribution in [1.29, 1.82) is 0 Å². The van der Waals surface area contributed by atoms with Crippen LogP contribution < -0.4 is 10.4 Å². The molecule has 3 aromatic carbocycles. The molecule has 6 rings (SSSR count). The molecule has 1 aliphatic carbocycles. The summed E-state index contributed by atoms with van der Waals surface area (Å²) in [6.45, 7) is 10.7. The Morgan fingerprint density at radius 1 is 0.923 bits per heavy atom. The molecule has 2 heterocycles. The number of carboxylic acid groups (broad SMARTS) is 1. The number of benzene rings is 3. The fraction of sp³-hybridized carbons (Fsp3) is 0.439. The molecule has 0 saturated carbocycles. The first kappa shape index (κ1) is 37.7. The van der Waals surface area contributed by atoms with Crippen molar-refractivity contribution in [3.63, 3.8) is 0 Å². The van der Waals surface area contributed by atoms with Crippen LogP contribution in [0.15, 0.2) is 83.8 Å². The zero-order valence-corrected chi connectivity index (χ0v) is 31.8. The van der Waals surface area contributed by atoms with Gasteiger partial charge in [-0.05, 0) is 101 Å². The van der Waals surface area contributed by atoms with Gasteiger partial charge < -0.3 is 24.3 Å². The lowest BCUT2D eigenvalue weighted by Gasteiger charge is -2.45. The third kappa shape index (κ3) is 7.03. The number of fused-ring (bicyclic) bond motifs is 3. The number of rotatable bonds is 12. The van der Waals surface area contributed by atoms with Crippen LogP contribution in [0.25, 0.3) is 0 Å². The summed E-state index contributed by atoms with van der Waals surface area (Å²) < 4.78 is 13.7. The molecular weight excluding hydrogens is 673 g/mol. The minimum absolute atomic E-state index is 0.0483. The Kier molecular flexibility index (Phi) is 11.0. The molecule has 0 bridgehead atoms. The summed E-state index contributed by atoms with van der Waals surface area (Å²) in [5, 5.41) is 33.3. The molecule has 0 aromatic heterocycles. The van der Waals surface area contributed by atoms with Gasteiger partial charge in [0.1, 0.15) is 5.75 Å². The number of phenols is 1. The Balaban J connectivity index is 1.39. The van der Waals surface area contributed by atoms with Crippen molar-refractivity contribution in [1.82, 2.24) is 4.90 Å². The highest BCUT2D eigenvalue weighted by Crippen LogP contribution is 2.52. The molecule has 11 heteroatoms. The topological polar surface area (TPSA) is 134 Å². The maximum atomic E-state index is 14.2. The number of carbonyl (C=O) groups is 3. The molecule has 4 atom stereocenters. The molecule has 2 saturated heterocycles. The van der Waals surface area contributed by atoms with Gasteiger partial charge in [-0.3, -0.25) is 19.3 Å². The fourth-order valence-electron chi connectivity index (χ4n) is 8.90. The number of aliphatic carboxylic acids is 1. The lowest BCUT2D eigenvalue weighted by atomic mass is 9.55. The Morgan fingerprint density at radius 2 is 1.52 bits per heavy atom. The molecule has 0 unspecified atom stereocenters. The third-order valence-electron chi connectivity index (χ3n) is 11.3. The quantitative estimate of drug-likeness (QED) is 0.125. The van der Waals surface area contributed by atoms with E-state index in [4.69, 9.17) is 14.2 Å². The van der Waals surface area contributed by atoms with Crippen LogP contribution in [0.4, 0.5) is 0 Å². The van der Waals surface area contributed by atoms with Gasteiger partial charge in [0.15, 0.2) is 0 Å². The lowest BCUT2D eigenvalue weighted by Crippen LogP contribution is -2.66. The third-order valence-corrected chi connectivity index (χ3v) is 16.3. The smallest absolute Gasteiger partial charge is 0.487 e. The van der Waals surface area contributed by atoms with E-state index >= 15 is 0 Å². The van der Waals surface area contributed by atoms with Gasteiger partial charge in [-0.2, -0.15) is 0 Å². The largest absolute Gasteiger partial charge is 0.507 e. The van der Waals surface area contributed by atoms with E-state index in [1.54, 1.807) is 0 Å². The number of carboxylic acids is 1. The van der Waals surface area contributed by atoms with Crippen LogP contribution in [0.2, 0.25) is 5.04 Å². The van der Waals surface area contributed by atoms with E-state index in [1.165, 1.54) is 4.90 Å². The van der Waals surface area contributed by atoms with E-state index < -0.39 is 45.3 Å². The predicted molar refractivity (Wildman–Crippen MR) is 203 cm³/mol. The predicted octanol–water partition coefficient (Wildman–Crippen LogP) is 5.63. The molecule has 3 aromatic rings. The number of phenolic OH excluding ortho intramolecular Hbond substituents is 1. The monoisotopic (exact) mass is 723 g/mol. The molecule has 0 spiro atoms. The van der Waals surface area contributed by atoms with Crippen molar-refractivity contribution >= 4 is 43.6 Å². The van der Waals surface area contributed by atoms with Crippen molar-refractivity contribution in [3.05, 3.63) is 101 Å². The van der Waals surface area contributed by atoms with Crippen LogP contribution in [0.5, 0.6) is 5.75 Å². The average molecular weight is 724 g/mol. The van der Waals surface area contributed by atoms with E-state index in [-0.39, 0.29) is 48.6 Å². The van der Waals surface area contributed by atoms with Gasteiger partial charge in [0.25, 0.3) is 8.32 Å². The van der Waals surface area contributed by atoms with Crippen LogP contribution in [-0.4, -0.2) is 66.5 Å². The van der Waals surface area contributed by atoms with Gasteiger partial charge in [0.05, 0.1) is 24.5 Å². The normalized spacial score (nSPS) is 22.1. The van der Waals surface area contributed by atoms with Crippen molar-refractivity contribution in [2.45, 2.75) is 84.3 Å². The molecule has 2 amide bonds.